The molecule has 10 heteroatoms. The number of benzene rings is 2. The Balaban J connectivity index is 1.14. The van der Waals surface area contributed by atoms with Crippen molar-refractivity contribution in [1.29, 1.82) is 5.26 Å². The molecule has 2 N–H and O–H groups in total. The van der Waals surface area contributed by atoms with Crippen molar-refractivity contribution in [3.63, 3.8) is 0 Å². The molecule has 0 radical (unpaired) electrons. The van der Waals surface area contributed by atoms with Crippen molar-refractivity contribution in [2.75, 3.05) is 45.3 Å². The molecule has 10 nitrogen and oxygen atoms in total. The number of ether oxygens (including phenoxy) is 2. The van der Waals surface area contributed by atoms with Crippen LogP contribution >= 0.6 is 0 Å². The first-order valence-electron chi connectivity index (χ1n) is 15.5. The molecule has 3 aliphatic heterocycles. The van der Waals surface area contributed by atoms with Gasteiger partial charge in [-0.05, 0) is 74.1 Å². The Kier molecular flexibility index (Phi) is 7.63. The van der Waals surface area contributed by atoms with E-state index in [0.717, 1.165) is 49.3 Å². The third-order valence-corrected chi connectivity index (χ3v) is 9.54. The van der Waals surface area contributed by atoms with E-state index in [4.69, 9.17) is 13.9 Å². The molecule has 7 rings (SSSR count). The van der Waals surface area contributed by atoms with Crippen LogP contribution in [0.4, 0.5) is 5.69 Å². The zero-order valence-corrected chi connectivity index (χ0v) is 25.2. The largest absolute Gasteiger partial charge is 0.496 e. The van der Waals surface area contributed by atoms with Gasteiger partial charge in [0.2, 0.25) is 5.91 Å². The maximum atomic E-state index is 13.4. The highest BCUT2D eigenvalue weighted by Crippen LogP contribution is 2.40. The zero-order valence-electron chi connectivity index (χ0n) is 25.2. The Bertz CT molecular complexity index is 1810. The molecular formula is C35H35N5O5. The van der Waals surface area contributed by atoms with Crippen LogP contribution in [0, 0.1) is 16.7 Å². The highest BCUT2D eigenvalue weighted by molar-refractivity contribution is 5.97. The predicted molar refractivity (Wildman–Crippen MR) is 169 cm³/mol. The van der Waals surface area contributed by atoms with E-state index in [2.05, 4.69) is 21.7 Å². The Morgan fingerprint density at radius 3 is 2.64 bits per heavy atom. The lowest BCUT2D eigenvalue weighted by atomic mass is 9.77. The molecule has 3 fully saturated rings. The van der Waals surface area contributed by atoms with Gasteiger partial charge in [0.1, 0.15) is 23.1 Å². The Labute approximate surface area is 261 Å². The highest BCUT2D eigenvalue weighted by Gasteiger charge is 2.45. The first-order valence-corrected chi connectivity index (χ1v) is 15.5. The topological polar surface area (TPSA) is 130 Å². The third kappa shape index (κ3) is 5.38. The molecule has 1 spiro atoms. The number of nitrogens with zero attached hydrogens (tertiary/aromatic N) is 3. The van der Waals surface area contributed by atoms with Crippen LogP contribution in [0.15, 0.2) is 59.1 Å². The van der Waals surface area contributed by atoms with E-state index in [1.54, 1.807) is 25.4 Å². The van der Waals surface area contributed by atoms with Gasteiger partial charge in [-0.1, -0.05) is 6.07 Å². The number of hydrogen-bond acceptors (Lipinski definition) is 8. The molecule has 0 unspecified atom stereocenters. The summed E-state index contributed by atoms with van der Waals surface area (Å²) in [6.45, 7) is 3.25. The summed E-state index contributed by atoms with van der Waals surface area (Å²) in [7, 11) is 1.57. The van der Waals surface area contributed by atoms with Gasteiger partial charge >= 0.3 is 0 Å². The number of methoxy groups -OCH3 is 1. The molecule has 45 heavy (non-hydrogen) atoms. The normalized spacial score (nSPS) is 18.1. The van der Waals surface area contributed by atoms with Crippen molar-refractivity contribution >= 4 is 28.6 Å². The van der Waals surface area contributed by atoms with Crippen molar-refractivity contribution < 1.29 is 23.5 Å². The summed E-state index contributed by atoms with van der Waals surface area (Å²) in [5, 5.41) is 16.4. The summed E-state index contributed by atoms with van der Waals surface area (Å²) in [5.74, 6) is 1.12. The Morgan fingerprint density at radius 2 is 1.91 bits per heavy atom. The molecule has 230 valence electrons. The van der Waals surface area contributed by atoms with Crippen molar-refractivity contribution in [2.24, 2.45) is 5.41 Å². The number of fused-ring (bicyclic) bond motifs is 1. The molecule has 4 aromatic rings. The summed E-state index contributed by atoms with van der Waals surface area (Å²) in [6, 6.07) is 17.5. The standard InChI is InChI=1S/C35H35N5O5/c1-43-30-19-23(33(41)40-14-10-35(11-15-40)9-13-38-34(35)42)2-4-27(30)31-20-29-32(45-31)26(6-12-37-29)22-3-5-28(24(18-22)21-36)39-25-7-16-44-17-8-25/h2-6,12,18-20,25,39H,7-11,13-17H2,1H3,(H,38,42). The maximum Gasteiger partial charge on any atom is 0.253 e. The van der Waals surface area contributed by atoms with Crippen LogP contribution in [0.5, 0.6) is 5.75 Å². The van der Waals surface area contributed by atoms with Crippen LogP contribution in [-0.4, -0.2) is 67.7 Å². The number of nitriles is 1. The summed E-state index contributed by atoms with van der Waals surface area (Å²) in [6.07, 6.45) is 5.74. The number of carbonyl (C=O) groups excluding carboxylic acids is 2. The lowest BCUT2D eigenvalue weighted by Crippen LogP contribution is -2.46. The second-order valence-electron chi connectivity index (χ2n) is 12.1. The van der Waals surface area contributed by atoms with Crippen LogP contribution in [0.25, 0.3) is 33.6 Å². The van der Waals surface area contributed by atoms with Crippen molar-refractivity contribution in [3.05, 3.63) is 65.9 Å². The molecule has 3 aliphatic rings. The number of pyridine rings is 1. The van der Waals surface area contributed by atoms with Crippen LogP contribution < -0.4 is 15.4 Å². The van der Waals surface area contributed by atoms with E-state index in [0.29, 0.717) is 71.8 Å². The molecule has 0 aliphatic carbocycles. The van der Waals surface area contributed by atoms with Crippen molar-refractivity contribution in [2.45, 2.75) is 38.1 Å². The van der Waals surface area contributed by atoms with Gasteiger partial charge in [0.25, 0.3) is 5.91 Å². The summed E-state index contributed by atoms with van der Waals surface area (Å²) < 4.78 is 17.6. The van der Waals surface area contributed by atoms with Gasteiger partial charge in [-0.2, -0.15) is 5.26 Å². The van der Waals surface area contributed by atoms with Crippen LogP contribution in [0.1, 0.15) is 48.0 Å². The second kappa shape index (κ2) is 11.9. The Morgan fingerprint density at radius 1 is 1.09 bits per heavy atom. The number of aromatic nitrogens is 1. The number of furan rings is 1. The van der Waals surface area contributed by atoms with E-state index in [-0.39, 0.29) is 23.3 Å². The molecular weight excluding hydrogens is 570 g/mol. The number of hydrogen-bond donors (Lipinski definition) is 2. The van der Waals surface area contributed by atoms with Gasteiger partial charge in [-0.15, -0.1) is 0 Å². The summed E-state index contributed by atoms with van der Waals surface area (Å²) >= 11 is 0. The van der Waals surface area contributed by atoms with Crippen molar-refractivity contribution in [3.8, 4) is 34.3 Å². The smallest absolute Gasteiger partial charge is 0.253 e. The molecule has 0 atom stereocenters. The number of piperidine rings is 1. The van der Waals surface area contributed by atoms with Crippen molar-refractivity contribution in [1.82, 2.24) is 15.2 Å². The predicted octanol–water partition coefficient (Wildman–Crippen LogP) is 5.38. The monoisotopic (exact) mass is 605 g/mol. The zero-order chi connectivity index (χ0) is 31.0. The second-order valence-corrected chi connectivity index (χ2v) is 12.1. The fourth-order valence-electron chi connectivity index (χ4n) is 6.83. The highest BCUT2D eigenvalue weighted by atomic mass is 16.5. The number of nitrogens with one attached hydrogen (secondary N) is 2. The van der Waals surface area contributed by atoms with Crippen LogP contribution in [0.2, 0.25) is 0 Å². The van der Waals surface area contributed by atoms with Gasteiger partial charge in [0.05, 0.1) is 29.3 Å². The van der Waals surface area contributed by atoms with Crippen LogP contribution in [0.3, 0.4) is 0 Å². The van der Waals surface area contributed by atoms with Gasteiger partial charge in [-0.3, -0.25) is 14.6 Å². The number of rotatable bonds is 6. The number of likely N-dealkylation sites (tertiary alicyclic amines) is 1. The number of amides is 2. The van der Waals surface area contributed by atoms with Gasteiger partial charge in [-0.25, -0.2) is 0 Å². The first kappa shape index (κ1) is 28.9. The lowest BCUT2D eigenvalue weighted by Gasteiger charge is -2.37. The SMILES string of the molecule is COc1cc(C(=O)N2CCC3(CCNC3=O)CC2)ccc1-c1cc2nccc(-c3ccc(NC4CCOCC4)c(C#N)c3)c2o1. The minimum Gasteiger partial charge on any atom is -0.496 e. The van der Waals surface area contributed by atoms with Gasteiger partial charge in [0.15, 0.2) is 5.58 Å². The number of carbonyl (C=O) groups is 2. The first-order chi connectivity index (χ1) is 22.0. The maximum absolute atomic E-state index is 13.4. The third-order valence-electron chi connectivity index (χ3n) is 9.54. The van der Waals surface area contributed by atoms with E-state index in [1.807, 2.05) is 41.3 Å². The van der Waals surface area contributed by atoms with E-state index in [1.165, 1.54) is 0 Å². The van der Waals surface area contributed by atoms with E-state index < -0.39 is 0 Å². The van der Waals surface area contributed by atoms with E-state index >= 15 is 0 Å². The van der Waals surface area contributed by atoms with Gasteiger partial charge in [0, 0.05) is 62.3 Å². The fourth-order valence-corrected chi connectivity index (χ4v) is 6.83. The molecule has 2 aromatic carbocycles. The lowest BCUT2D eigenvalue weighted by molar-refractivity contribution is -0.129. The van der Waals surface area contributed by atoms with Gasteiger partial charge < -0.3 is 29.4 Å². The fraction of sp³-hybridized carbons (Fsp3) is 0.371. The minimum absolute atomic E-state index is 0.0790. The molecule has 5 heterocycles. The average Bonchev–Trinajstić information content (AvgIpc) is 3.68. The molecule has 2 amide bonds. The molecule has 3 saturated heterocycles. The quantitative estimate of drug-likeness (QED) is 0.300. The summed E-state index contributed by atoms with van der Waals surface area (Å²) in [5.41, 5.74) is 5.22. The Hall–Kier alpha value is -4.88. The average molecular weight is 606 g/mol. The molecule has 0 saturated carbocycles. The molecule has 2 aromatic heterocycles. The van der Waals surface area contributed by atoms with E-state index in [9.17, 15) is 14.9 Å². The van der Waals surface area contributed by atoms with Crippen LogP contribution in [-0.2, 0) is 9.53 Å². The number of anilines is 1. The minimum atomic E-state index is -0.327. The summed E-state index contributed by atoms with van der Waals surface area (Å²) in [4.78, 5) is 32.2. The molecule has 0 bridgehead atoms.